The maximum atomic E-state index is 11.5. The first kappa shape index (κ1) is 21.5. The summed E-state index contributed by atoms with van der Waals surface area (Å²) in [5.41, 5.74) is 0.844. The van der Waals surface area contributed by atoms with Gasteiger partial charge in [-0.3, -0.25) is 0 Å². The fraction of sp³-hybridized carbons (Fsp3) is 0.960. The molecular weight excluding hydrogens is 360 g/mol. The number of fused-ring (bicyclic) bond motifs is 5. The van der Waals surface area contributed by atoms with Gasteiger partial charge in [-0.1, -0.05) is 33.6 Å². The summed E-state index contributed by atoms with van der Waals surface area (Å²) in [6, 6.07) is -0.0752. The first-order chi connectivity index (χ1) is 13.8. The van der Waals surface area contributed by atoms with Gasteiger partial charge in [-0.05, 0) is 97.7 Å². The van der Waals surface area contributed by atoms with Gasteiger partial charge < -0.3 is 15.7 Å². The van der Waals surface area contributed by atoms with Crippen molar-refractivity contribution in [1.29, 1.82) is 0 Å². The molecule has 1 unspecified atom stereocenters. The van der Waals surface area contributed by atoms with Crippen LogP contribution in [0.1, 0.15) is 85.0 Å². The number of carbonyl (C=O) groups excluding carboxylic acids is 1. The van der Waals surface area contributed by atoms with Crippen LogP contribution in [0.4, 0.5) is 4.79 Å². The van der Waals surface area contributed by atoms with E-state index in [-0.39, 0.29) is 12.1 Å². The van der Waals surface area contributed by atoms with Crippen LogP contribution >= 0.6 is 0 Å². The predicted molar refractivity (Wildman–Crippen MR) is 117 cm³/mol. The Bertz CT molecular complexity index is 610. The third kappa shape index (κ3) is 3.51. The van der Waals surface area contributed by atoms with E-state index in [0.717, 1.165) is 37.1 Å². The summed E-state index contributed by atoms with van der Waals surface area (Å²) in [4.78, 5) is 11.5. The normalized spacial score (nSPS) is 47.5. The fourth-order valence-corrected chi connectivity index (χ4v) is 8.93. The highest BCUT2D eigenvalue weighted by atomic mass is 16.3. The average molecular weight is 405 g/mol. The van der Waals surface area contributed by atoms with Gasteiger partial charge in [0.05, 0.1) is 6.10 Å². The van der Waals surface area contributed by atoms with Crippen LogP contribution in [0.2, 0.25) is 0 Å². The monoisotopic (exact) mass is 404 g/mol. The Kier molecular flexibility index (Phi) is 5.96. The Morgan fingerprint density at radius 2 is 1.83 bits per heavy atom. The van der Waals surface area contributed by atoms with Crippen LogP contribution < -0.4 is 10.6 Å². The molecule has 9 atom stereocenters. The molecule has 4 nitrogen and oxygen atoms in total. The lowest BCUT2D eigenvalue weighted by molar-refractivity contribution is -0.164. The maximum absolute atomic E-state index is 11.5. The Balaban J connectivity index is 1.48. The minimum atomic E-state index is -0.0789. The molecule has 0 radical (unpaired) electrons. The van der Waals surface area contributed by atoms with Crippen LogP contribution in [0.15, 0.2) is 0 Å². The van der Waals surface area contributed by atoms with Gasteiger partial charge in [-0.25, -0.2) is 4.79 Å². The smallest absolute Gasteiger partial charge is 0.314 e. The Morgan fingerprint density at radius 3 is 2.59 bits per heavy atom. The molecule has 4 saturated carbocycles. The van der Waals surface area contributed by atoms with Crippen molar-refractivity contribution in [1.82, 2.24) is 10.6 Å². The summed E-state index contributed by atoms with van der Waals surface area (Å²) in [6.07, 6.45) is 12.8. The van der Waals surface area contributed by atoms with Gasteiger partial charge in [0.25, 0.3) is 0 Å². The quantitative estimate of drug-likeness (QED) is 0.620. The molecule has 0 aliphatic heterocycles. The number of nitrogens with one attached hydrogen (secondary N) is 2. The maximum Gasteiger partial charge on any atom is 0.314 e. The SMILES string of the molecule is CNC(=O)NCC[C@@H](C)[C@H]1CC[C@H]2[C@H]3C(CC[C@]12C)[C@@]1(C)CCCC[C@H]1C[C@H]3O. The summed E-state index contributed by atoms with van der Waals surface area (Å²) in [6.45, 7) is 8.29. The molecule has 0 heterocycles. The Labute approximate surface area is 178 Å². The van der Waals surface area contributed by atoms with Crippen molar-refractivity contribution in [2.75, 3.05) is 13.6 Å². The van der Waals surface area contributed by atoms with Crippen LogP contribution in [-0.2, 0) is 0 Å². The van der Waals surface area contributed by atoms with Crippen molar-refractivity contribution < 1.29 is 9.90 Å². The van der Waals surface area contributed by atoms with E-state index in [4.69, 9.17) is 0 Å². The number of hydrogen-bond donors (Lipinski definition) is 3. The van der Waals surface area contributed by atoms with Crippen LogP contribution in [0, 0.1) is 46.3 Å². The molecule has 29 heavy (non-hydrogen) atoms. The standard InChI is InChI=1S/C25H44N2O2/c1-16(11-14-27-23(29)26-4)18-8-9-19-22-20(10-13-25(18,19)3)24(2)12-6-5-7-17(24)15-21(22)28/h16-22,28H,5-15H2,1-4H3,(H2,26,27,29)/t16-,17+,18-,19+,20?,21-,22+,24+,25-/m1/s1. The average Bonchev–Trinajstić information content (AvgIpc) is 3.05. The third-order valence-corrected chi connectivity index (χ3v) is 10.5. The molecule has 0 aromatic heterocycles. The van der Waals surface area contributed by atoms with Gasteiger partial charge in [-0.2, -0.15) is 0 Å². The molecule has 0 bridgehead atoms. The van der Waals surface area contributed by atoms with Crippen LogP contribution in [0.5, 0.6) is 0 Å². The van der Waals surface area contributed by atoms with E-state index < -0.39 is 0 Å². The zero-order valence-corrected chi connectivity index (χ0v) is 19.2. The predicted octanol–water partition coefficient (Wildman–Crippen LogP) is 4.96. The van der Waals surface area contributed by atoms with Gasteiger partial charge in [0.1, 0.15) is 0 Å². The van der Waals surface area contributed by atoms with Gasteiger partial charge in [-0.15, -0.1) is 0 Å². The van der Waals surface area contributed by atoms with E-state index in [1.54, 1.807) is 7.05 Å². The van der Waals surface area contributed by atoms with E-state index in [1.165, 1.54) is 51.4 Å². The molecule has 0 aromatic rings. The summed E-state index contributed by atoms with van der Waals surface area (Å²) < 4.78 is 0. The fourth-order valence-electron chi connectivity index (χ4n) is 8.93. The lowest BCUT2D eigenvalue weighted by atomic mass is 9.44. The highest BCUT2D eigenvalue weighted by molar-refractivity contribution is 5.73. The summed E-state index contributed by atoms with van der Waals surface area (Å²) in [7, 11) is 1.67. The molecule has 2 amide bonds. The lowest BCUT2D eigenvalue weighted by Crippen LogP contribution is -2.57. The summed E-state index contributed by atoms with van der Waals surface area (Å²) in [5, 5.41) is 16.9. The van der Waals surface area contributed by atoms with Crippen LogP contribution in [0.25, 0.3) is 0 Å². The second kappa shape index (κ2) is 8.05. The van der Waals surface area contributed by atoms with Gasteiger partial charge in [0.2, 0.25) is 0 Å². The molecule has 0 saturated heterocycles. The first-order valence-electron chi connectivity index (χ1n) is 12.4. The first-order valence-corrected chi connectivity index (χ1v) is 12.4. The van der Waals surface area contributed by atoms with E-state index >= 15 is 0 Å². The van der Waals surface area contributed by atoms with Gasteiger partial charge >= 0.3 is 6.03 Å². The number of urea groups is 1. The lowest BCUT2D eigenvalue weighted by Gasteiger charge is -2.62. The van der Waals surface area contributed by atoms with E-state index in [1.807, 2.05) is 0 Å². The minimum absolute atomic E-state index is 0.0752. The van der Waals surface area contributed by atoms with Crippen molar-refractivity contribution in [3.8, 4) is 0 Å². The molecule has 0 aromatic carbocycles. The third-order valence-electron chi connectivity index (χ3n) is 10.5. The highest BCUT2D eigenvalue weighted by Gasteiger charge is 2.62. The van der Waals surface area contributed by atoms with Crippen molar-refractivity contribution in [3.63, 3.8) is 0 Å². The van der Waals surface area contributed by atoms with Crippen LogP contribution in [-0.4, -0.2) is 30.8 Å². The Morgan fingerprint density at radius 1 is 1.07 bits per heavy atom. The largest absolute Gasteiger partial charge is 0.393 e. The Hall–Kier alpha value is -0.770. The number of rotatable bonds is 4. The molecule has 4 aliphatic rings. The zero-order valence-electron chi connectivity index (χ0n) is 19.2. The van der Waals surface area contributed by atoms with Gasteiger partial charge in [0.15, 0.2) is 0 Å². The number of hydrogen-bond acceptors (Lipinski definition) is 2. The van der Waals surface area contributed by atoms with Gasteiger partial charge in [0, 0.05) is 13.6 Å². The zero-order chi connectivity index (χ0) is 20.8. The van der Waals surface area contributed by atoms with Crippen molar-refractivity contribution in [2.24, 2.45) is 46.3 Å². The number of amides is 2. The minimum Gasteiger partial charge on any atom is -0.393 e. The molecule has 166 valence electrons. The van der Waals surface area contributed by atoms with E-state index in [9.17, 15) is 9.90 Å². The van der Waals surface area contributed by atoms with Crippen molar-refractivity contribution in [2.45, 2.75) is 91.1 Å². The van der Waals surface area contributed by atoms with Crippen molar-refractivity contribution in [3.05, 3.63) is 0 Å². The molecule has 4 fully saturated rings. The molecule has 4 rings (SSSR count). The van der Waals surface area contributed by atoms with E-state index in [2.05, 4.69) is 31.4 Å². The molecule has 4 aliphatic carbocycles. The molecular formula is C25H44N2O2. The molecule has 0 spiro atoms. The second-order valence-corrected chi connectivity index (χ2v) is 11.5. The second-order valence-electron chi connectivity index (χ2n) is 11.5. The van der Waals surface area contributed by atoms with E-state index in [0.29, 0.717) is 28.6 Å². The topological polar surface area (TPSA) is 61.4 Å². The van der Waals surface area contributed by atoms with Crippen LogP contribution in [0.3, 0.4) is 0 Å². The summed E-state index contributed by atoms with van der Waals surface area (Å²) in [5.74, 6) is 4.05. The highest BCUT2D eigenvalue weighted by Crippen LogP contribution is 2.68. The number of carbonyl (C=O) groups is 1. The number of aliphatic hydroxyl groups is 1. The summed E-state index contributed by atoms with van der Waals surface area (Å²) >= 11 is 0. The molecule has 4 heteroatoms. The number of aliphatic hydroxyl groups excluding tert-OH is 1. The molecule has 3 N–H and O–H groups in total. The van der Waals surface area contributed by atoms with Crippen molar-refractivity contribution >= 4 is 6.03 Å².